The van der Waals surface area contributed by atoms with Crippen molar-refractivity contribution in [2.45, 2.75) is 26.7 Å². The molecule has 0 fully saturated rings. The Labute approximate surface area is 162 Å². The molecule has 28 heavy (non-hydrogen) atoms. The number of aliphatic imine (C=N–C) groups is 1. The van der Waals surface area contributed by atoms with Gasteiger partial charge in [-0.2, -0.15) is 0 Å². The number of para-hydroxylation sites is 1. The van der Waals surface area contributed by atoms with Crippen molar-refractivity contribution in [3.63, 3.8) is 0 Å². The Hall–Kier alpha value is -3.48. The van der Waals surface area contributed by atoms with Crippen molar-refractivity contribution in [1.29, 1.82) is 0 Å². The zero-order chi connectivity index (χ0) is 20.1. The molecular weight excluding hydrogens is 360 g/mol. The van der Waals surface area contributed by atoms with Crippen LogP contribution in [0.25, 0.3) is 6.08 Å². The predicted molar refractivity (Wildman–Crippen MR) is 105 cm³/mol. The van der Waals surface area contributed by atoms with Crippen LogP contribution in [0, 0.1) is 17.0 Å². The van der Waals surface area contributed by atoms with Gasteiger partial charge in [0.05, 0.1) is 11.5 Å². The largest absolute Gasteiger partial charge is 0.493 e. The van der Waals surface area contributed by atoms with Crippen molar-refractivity contribution in [1.82, 2.24) is 0 Å². The van der Waals surface area contributed by atoms with Crippen LogP contribution in [0.15, 0.2) is 53.2 Å². The van der Waals surface area contributed by atoms with Gasteiger partial charge < -0.3 is 9.47 Å². The molecule has 0 atom stereocenters. The lowest BCUT2D eigenvalue weighted by atomic mass is 10.1. The standard InChI is InChI=1S/C21H20N2O5/c1-3-4-11-27-19-8-6-5-7-15(19)13-17-21(24)28-20(22-17)16-9-10-18(23(25)26)14(2)12-16/h5-10,12-13H,3-4,11H2,1-2H3/b17-13-. The summed E-state index contributed by atoms with van der Waals surface area (Å²) in [6.07, 6.45) is 3.58. The average molecular weight is 380 g/mol. The first kappa shape index (κ1) is 19.3. The fraction of sp³-hybridized carbons (Fsp3) is 0.238. The minimum Gasteiger partial charge on any atom is -0.493 e. The molecule has 1 aliphatic rings. The van der Waals surface area contributed by atoms with Crippen LogP contribution >= 0.6 is 0 Å². The van der Waals surface area contributed by atoms with E-state index in [2.05, 4.69) is 11.9 Å². The summed E-state index contributed by atoms with van der Waals surface area (Å²) in [6, 6.07) is 11.9. The number of nitro benzene ring substituents is 1. The van der Waals surface area contributed by atoms with Gasteiger partial charge in [-0.3, -0.25) is 10.1 Å². The topological polar surface area (TPSA) is 91.0 Å². The molecule has 0 saturated carbocycles. The van der Waals surface area contributed by atoms with Crippen LogP contribution in [0.5, 0.6) is 5.75 Å². The van der Waals surface area contributed by atoms with Crippen molar-refractivity contribution >= 4 is 23.6 Å². The second-order valence-electron chi connectivity index (χ2n) is 6.33. The maximum Gasteiger partial charge on any atom is 0.363 e. The molecule has 1 aliphatic heterocycles. The van der Waals surface area contributed by atoms with E-state index in [4.69, 9.17) is 9.47 Å². The quantitative estimate of drug-likeness (QED) is 0.233. The maximum absolute atomic E-state index is 12.2. The Morgan fingerprint density at radius 3 is 2.75 bits per heavy atom. The molecule has 7 heteroatoms. The predicted octanol–water partition coefficient (Wildman–Crippen LogP) is 4.43. The third-order valence-corrected chi connectivity index (χ3v) is 4.23. The molecule has 3 rings (SSSR count). The van der Waals surface area contributed by atoms with Gasteiger partial charge in [-0.15, -0.1) is 0 Å². The zero-order valence-electron chi connectivity index (χ0n) is 15.7. The van der Waals surface area contributed by atoms with E-state index in [0.717, 1.165) is 18.4 Å². The number of unbranched alkanes of at least 4 members (excludes halogenated alkanes) is 1. The van der Waals surface area contributed by atoms with Crippen LogP contribution in [0.1, 0.15) is 36.5 Å². The van der Waals surface area contributed by atoms with E-state index in [9.17, 15) is 14.9 Å². The summed E-state index contributed by atoms with van der Waals surface area (Å²) in [5, 5.41) is 11.0. The van der Waals surface area contributed by atoms with Gasteiger partial charge in [0.1, 0.15) is 5.75 Å². The number of ether oxygens (including phenoxy) is 2. The number of rotatable bonds is 7. The van der Waals surface area contributed by atoms with E-state index in [1.54, 1.807) is 19.1 Å². The van der Waals surface area contributed by atoms with E-state index in [1.165, 1.54) is 12.1 Å². The first-order valence-corrected chi connectivity index (χ1v) is 8.99. The van der Waals surface area contributed by atoms with Gasteiger partial charge in [-0.1, -0.05) is 31.5 Å². The Bertz CT molecular complexity index is 979. The number of benzene rings is 2. The number of nitro groups is 1. The SMILES string of the molecule is CCCCOc1ccccc1/C=C1\N=C(c2ccc([N+](=O)[O-])c(C)c2)OC1=O. The molecule has 0 amide bonds. The third kappa shape index (κ3) is 4.25. The van der Waals surface area contributed by atoms with E-state index in [-0.39, 0.29) is 17.3 Å². The minimum absolute atomic E-state index is 0.00240. The average Bonchev–Trinajstić information content (AvgIpc) is 3.03. The molecule has 0 N–H and O–H groups in total. The van der Waals surface area contributed by atoms with Crippen molar-refractivity contribution < 1.29 is 19.2 Å². The van der Waals surface area contributed by atoms with Crippen LogP contribution in [0.4, 0.5) is 5.69 Å². The highest BCUT2D eigenvalue weighted by molar-refractivity contribution is 6.13. The van der Waals surface area contributed by atoms with Gasteiger partial charge in [-0.25, -0.2) is 9.79 Å². The summed E-state index contributed by atoms with van der Waals surface area (Å²) in [4.78, 5) is 27.0. The monoisotopic (exact) mass is 380 g/mol. The fourth-order valence-corrected chi connectivity index (χ4v) is 2.73. The van der Waals surface area contributed by atoms with E-state index < -0.39 is 10.9 Å². The number of aryl methyl sites for hydroxylation is 1. The number of nitrogens with zero attached hydrogens (tertiary/aromatic N) is 2. The molecule has 0 aromatic heterocycles. The smallest absolute Gasteiger partial charge is 0.363 e. The first-order chi connectivity index (χ1) is 13.5. The van der Waals surface area contributed by atoms with E-state index >= 15 is 0 Å². The Balaban J connectivity index is 1.88. The molecule has 2 aromatic rings. The Morgan fingerprint density at radius 1 is 1.25 bits per heavy atom. The number of hydrogen-bond acceptors (Lipinski definition) is 6. The Kier molecular flexibility index (Phi) is 5.84. The Morgan fingerprint density at radius 2 is 2.04 bits per heavy atom. The fourth-order valence-electron chi connectivity index (χ4n) is 2.73. The molecule has 0 spiro atoms. The van der Waals surface area contributed by atoms with Gasteiger partial charge >= 0.3 is 5.97 Å². The normalized spacial score (nSPS) is 14.7. The van der Waals surface area contributed by atoms with Crippen molar-refractivity contribution in [3.05, 3.63) is 75.0 Å². The summed E-state index contributed by atoms with van der Waals surface area (Å²) in [6.45, 7) is 4.30. The number of cyclic esters (lactones) is 1. The minimum atomic E-state index is -0.575. The summed E-state index contributed by atoms with van der Waals surface area (Å²) in [5.41, 5.74) is 1.86. The summed E-state index contributed by atoms with van der Waals surface area (Å²) in [7, 11) is 0. The van der Waals surface area contributed by atoms with Crippen LogP contribution in [0.3, 0.4) is 0 Å². The van der Waals surface area contributed by atoms with Crippen molar-refractivity contribution in [2.75, 3.05) is 6.61 Å². The molecule has 7 nitrogen and oxygen atoms in total. The van der Waals surface area contributed by atoms with Gasteiger partial charge in [0.2, 0.25) is 5.90 Å². The van der Waals surface area contributed by atoms with Crippen molar-refractivity contribution in [2.24, 2.45) is 4.99 Å². The van der Waals surface area contributed by atoms with E-state index in [1.807, 2.05) is 24.3 Å². The van der Waals surface area contributed by atoms with Crippen LogP contribution in [-0.2, 0) is 9.53 Å². The molecule has 0 aliphatic carbocycles. The molecule has 2 aromatic carbocycles. The van der Waals surface area contributed by atoms with Crippen LogP contribution in [-0.4, -0.2) is 23.4 Å². The molecule has 0 radical (unpaired) electrons. The van der Waals surface area contributed by atoms with Crippen LogP contribution < -0.4 is 4.74 Å². The van der Waals surface area contributed by atoms with Crippen molar-refractivity contribution in [3.8, 4) is 5.75 Å². The van der Waals surface area contributed by atoms with Crippen LogP contribution in [0.2, 0.25) is 0 Å². The maximum atomic E-state index is 12.2. The lowest BCUT2D eigenvalue weighted by Crippen LogP contribution is -2.06. The number of esters is 1. The second-order valence-corrected chi connectivity index (χ2v) is 6.33. The highest BCUT2D eigenvalue weighted by Crippen LogP contribution is 2.26. The summed E-state index contributed by atoms with van der Waals surface area (Å²) >= 11 is 0. The van der Waals surface area contributed by atoms with Gasteiger partial charge in [0, 0.05) is 22.8 Å². The molecule has 0 saturated heterocycles. The summed E-state index contributed by atoms with van der Waals surface area (Å²) in [5.74, 6) is 0.221. The molecule has 0 bridgehead atoms. The molecular formula is C21H20N2O5. The lowest BCUT2D eigenvalue weighted by Gasteiger charge is -2.08. The first-order valence-electron chi connectivity index (χ1n) is 8.99. The number of hydrogen-bond donors (Lipinski definition) is 0. The molecule has 144 valence electrons. The van der Waals surface area contributed by atoms with Gasteiger partial charge in [0.25, 0.3) is 5.69 Å². The highest BCUT2D eigenvalue weighted by Gasteiger charge is 2.25. The lowest BCUT2D eigenvalue weighted by molar-refractivity contribution is -0.385. The second kappa shape index (κ2) is 8.47. The summed E-state index contributed by atoms with van der Waals surface area (Å²) < 4.78 is 11.0. The van der Waals surface area contributed by atoms with Gasteiger partial charge in [-0.05, 0) is 37.6 Å². The molecule has 1 heterocycles. The zero-order valence-corrected chi connectivity index (χ0v) is 15.7. The third-order valence-electron chi connectivity index (χ3n) is 4.23. The number of carbonyl (C=O) groups is 1. The highest BCUT2D eigenvalue weighted by atomic mass is 16.6. The number of carbonyl (C=O) groups excluding carboxylic acids is 1. The van der Waals surface area contributed by atoms with Gasteiger partial charge in [0.15, 0.2) is 5.70 Å². The molecule has 0 unspecified atom stereocenters. The van der Waals surface area contributed by atoms with E-state index in [0.29, 0.717) is 23.5 Å².